The average Bonchev–Trinajstić information content (AvgIpc) is 3.73. The third-order valence-electron chi connectivity index (χ3n) is 8.30. The molecule has 1 saturated carbocycles. The van der Waals surface area contributed by atoms with Gasteiger partial charge in [-0.15, -0.1) is 0 Å². The lowest BCUT2D eigenvalue weighted by Gasteiger charge is -2.48. The molecule has 0 aromatic heterocycles. The zero-order valence-electron chi connectivity index (χ0n) is 21.8. The molecular weight excluding hydrogens is 536 g/mol. The fourth-order valence-electron chi connectivity index (χ4n) is 6.59. The lowest BCUT2D eigenvalue weighted by atomic mass is 9.56. The number of halogens is 1. The molecule has 1 fully saturated rings. The van der Waals surface area contributed by atoms with Crippen molar-refractivity contribution in [2.24, 2.45) is 10.8 Å². The molecule has 38 heavy (non-hydrogen) atoms. The Hall–Kier alpha value is -2.79. The highest BCUT2D eigenvalue weighted by Crippen LogP contribution is 2.72. The minimum atomic E-state index is -0.200. The fourth-order valence-corrected chi connectivity index (χ4v) is 6.85. The van der Waals surface area contributed by atoms with Crippen LogP contribution in [0.4, 0.5) is 0 Å². The first-order chi connectivity index (χ1) is 18.5. The maximum absolute atomic E-state index is 13.8. The van der Waals surface area contributed by atoms with E-state index in [0.29, 0.717) is 26.4 Å². The Morgan fingerprint density at radius 1 is 0.789 bits per heavy atom. The van der Waals surface area contributed by atoms with Gasteiger partial charge in [0.25, 0.3) is 0 Å². The Bertz CT molecular complexity index is 1340. The van der Waals surface area contributed by atoms with E-state index in [2.05, 4.69) is 47.1 Å². The number of ether oxygens (including phenoxy) is 2. The number of ketones is 1. The molecular formula is C34H33BrO3. The number of rotatable bonds is 10. The van der Waals surface area contributed by atoms with Crippen LogP contribution in [0.3, 0.4) is 0 Å². The molecule has 3 aliphatic rings. The molecule has 3 nitrogen and oxygen atoms in total. The quantitative estimate of drug-likeness (QED) is 0.231. The first kappa shape index (κ1) is 25.5. The van der Waals surface area contributed by atoms with Crippen LogP contribution in [-0.2, 0) is 22.7 Å². The van der Waals surface area contributed by atoms with Crippen LogP contribution in [-0.4, -0.2) is 19.0 Å². The van der Waals surface area contributed by atoms with E-state index >= 15 is 0 Å². The maximum Gasteiger partial charge on any atom is 0.190 e. The zero-order valence-corrected chi connectivity index (χ0v) is 23.4. The van der Waals surface area contributed by atoms with Crippen molar-refractivity contribution in [1.29, 1.82) is 0 Å². The first-order valence-corrected chi connectivity index (χ1v) is 14.3. The van der Waals surface area contributed by atoms with Gasteiger partial charge in [0, 0.05) is 26.4 Å². The lowest BCUT2D eigenvalue weighted by molar-refractivity contribution is -0.0358. The molecule has 6 rings (SSSR count). The van der Waals surface area contributed by atoms with Crippen LogP contribution in [0.1, 0.15) is 54.1 Å². The van der Waals surface area contributed by atoms with E-state index in [-0.39, 0.29) is 16.6 Å². The van der Waals surface area contributed by atoms with Crippen molar-refractivity contribution in [3.05, 3.63) is 128 Å². The Balaban J connectivity index is 1.28. The number of Topliss-reactive ketones (excluding diaryl/α,β-unsaturated/α-hetero) is 1. The first-order valence-electron chi connectivity index (χ1n) is 13.5. The Morgan fingerprint density at radius 3 is 1.87 bits per heavy atom. The molecule has 0 radical (unpaired) electrons. The van der Waals surface area contributed by atoms with E-state index in [1.165, 1.54) is 27.8 Å². The molecule has 0 unspecified atom stereocenters. The monoisotopic (exact) mass is 568 g/mol. The van der Waals surface area contributed by atoms with Gasteiger partial charge < -0.3 is 9.47 Å². The summed E-state index contributed by atoms with van der Waals surface area (Å²) >= 11 is 3.50. The fraction of sp³-hybridized carbons (Fsp3) is 0.324. The van der Waals surface area contributed by atoms with Gasteiger partial charge in [0.15, 0.2) is 5.78 Å². The number of benzene rings is 3. The van der Waals surface area contributed by atoms with E-state index in [1.807, 2.05) is 60.7 Å². The minimum absolute atomic E-state index is 0.00841. The smallest absolute Gasteiger partial charge is 0.190 e. The van der Waals surface area contributed by atoms with E-state index in [1.54, 1.807) is 0 Å². The molecule has 3 aromatic rings. The third kappa shape index (κ3) is 4.86. The highest BCUT2D eigenvalue weighted by atomic mass is 79.9. The number of carbonyl (C=O) groups excluding carboxylic acids is 1. The van der Waals surface area contributed by atoms with E-state index in [9.17, 15) is 4.79 Å². The van der Waals surface area contributed by atoms with Crippen molar-refractivity contribution in [3.63, 3.8) is 0 Å². The van der Waals surface area contributed by atoms with Gasteiger partial charge in [0.05, 0.1) is 26.4 Å². The van der Waals surface area contributed by atoms with Crippen molar-refractivity contribution >= 4 is 21.7 Å². The molecule has 0 bridgehead atoms. The molecule has 1 spiro atoms. The molecule has 4 heteroatoms. The summed E-state index contributed by atoms with van der Waals surface area (Å²) in [7, 11) is 0. The predicted molar refractivity (Wildman–Crippen MR) is 154 cm³/mol. The molecule has 0 saturated heterocycles. The van der Waals surface area contributed by atoms with E-state index in [4.69, 9.17) is 9.47 Å². The van der Waals surface area contributed by atoms with Gasteiger partial charge in [0.2, 0.25) is 0 Å². The molecule has 194 valence electrons. The van der Waals surface area contributed by atoms with Crippen LogP contribution in [0, 0.1) is 10.8 Å². The van der Waals surface area contributed by atoms with Crippen LogP contribution in [0.25, 0.3) is 0 Å². The molecule has 0 heterocycles. The van der Waals surface area contributed by atoms with Gasteiger partial charge >= 0.3 is 0 Å². The Labute approximate surface area is 233 Å². The second-order valence-corrected chi connectivity index (χ2v) is 12.2. The van der Waals surface area contributed by atoms with E-state index < -0.39 is 0 Å². The summed E-state index contributed by atoms with van der Waals surface area (Å²) in [6.07, 6.45) is 3.94. The van der Waals surface area contributed by atoms with Crippen LogP contribution < -0.4 is 0 Å². The van der Waals surface area contributed by atoms with Gasteiger partial charge in [0.1, 0.15) is 0 Å². The SMILES string of the molecule is CC1=C2C(=C(C(=O)c3ccc(Br)cc3)C23CC3)CC(COCc2ccccc2)(COCc2ccccc2)C1. The van der Waals surface area contributed by atoms with Crippen LogP contribution in [0.2, 0.25) is 0 Å². The summed E-state index contributed by atoms with van der Waals surface area (Å²) in [6.45, 7) is 4.60. The van der Waals surface area contributed by atoms with Crippen molar-refractivity contribution in [2.75, 3.05) is 13.2 Å². The predicted octanol–water partition coefficient (Wildman–Crippen LogP) is 8.25. The standard InChI is InChI=1S/C34H33BrO3/c1-24-18-33(22-37-20-25-8-4-2-5-9-25,23-38-21-26-10-6-3-7-11-26)19-29-30(24)34(16-17-34)31(29)32(36)27-12-14-28(35)15-13-27/h2-15H,16-23H2,1H3. The second kappa shape index (κ2) is 10.4. The lowest BCUT2D eigenvalue weighted by Crippen LogP contribution is -2.42. The van der Waals surface area contributed by atoms with E-state index in [0.717, 1.165) is 41.3 Å². The largest absolute Gasteiger partial charge is 0.376 e. The van der Waals surface area contributed by atoms with Gasteiger partial charge in [-0.2, -0.15) is 0 Å². The summed E-state index contributed by atoms with van der Waals surface area (Å²) in [5.41, 5.74) is 8.07. The normalized spacial score (nSPS) is 18.8. The molecule has 0 atom stereocenters. The second-order valence-electron chi connectivity index (χ2n) is 11.2. The van der Waals surface area contributed by atoms with Gasteiger partial charge in [-0.1, -0.05) is 82.2 Å². The number of hydrogen-bond donors (Lipinski definition) is 0. The van der Waals surface area contributed by atoms with Crippen molar-refractivity contribution < 1.29 is 14.3 Å². The molecule has 3 aliphatic carbocycles. The topological polar surface area (TPSA) is 35.5 Å². The zero-order chi connectivity index (χ0) is 26.2. The molecule has 0 aliphatic heterocycles. The summed E-state index contributed by atoms with van der Waals surface area (Å²) in [6, 6.07) is 28.4. The summed E-state index contributed by atoms with van der Waals surface area (Å²) in [5.74, 6) is 0.188. The van der Waals surface area contributed by atoms with Crippen molar-refractivity contribution in [3.8, 4) is 0 Å². The van der Waals surface area contributed by atoms with Gasteiger partial charge in [-0.3, -0.25) is 4.79 Å². The summed E-state index contributed by atoms with van der Waals surface area (Å²) in [5, 5.41) is 0. The van der Waals surface area contributed by atoms with Crippen molar-refractivity contribution in [2.45, 2.75) is 45.8 Å². The Kier molecular flexibility index (Phi) is 6.98. The highest BCUT2D eigenvalue weighted by molar-refractivity contribution is 9.10. The Morgan fingerprint density at radius 2 is 1.34 bits per heavy atom. The highest BCUT2D eigenvalue weighted by Gasteiger charge is 2.62. The molecule has 0 N–H and O–H groups in total. The molecule has 3 aromatic carbocycles. The van der Waals surface area contributed by atoms with Crippen molar-refractivity contribution in [1.82, 2.24) is 0 Å². The number of allylic oxidation sites excluding steroid dienone is 4. The summed E-state index contributed by atoms with van der Waals surface area (Å²) in [4.78, 5) is 13.8. The minimum Gasteiger partial charge on any atom is -0.376 e. The number of fused-ring (bicyclic) bond motifs is 2. The summed E-state index contributed by atoms with van der Waals surface area (Å²) < 4.78 is 13.7. The average molecular weight is 570 g/mol. The third-order valence-corrected chi connectivity index (χ3v) is 8.83. The molecule has 0 amide bonds. The van der Waals surface area contributed by atoms with Gasteiger partial charge in [-0.05, 0) is 79.1 Å². The van der Waals surface area contributed by atoms with Gasteiger partial charge in [-0.25, -0.2) is 0 Å². The van der Waals surface area contributed by atoms with Crippen LogP contribution in [0.5, 0.6) is 0 Å². The number of hydrogen-bond acceptors (Lipinski definition) is 3. The van der Waals surface area contributed by atoms with Crippen LogP contribution >= 0.6 is 15.9 Å². The van der Waals surface area contributed by atoms with Crippen LogP contribution in [0.15, 0.2) is 112 Å². The maximum atomic E-state index is 13.8. The number of carbonyl (C=O) groups is 1.